The molecule has 1 aliphatic rings. The Kier molecular flexibility index (Phi) is 7.93. The van der Waals surface area contributed by atoms with Gasteiger partial charge in [-0.3, -0.25) is 4.79 Å². The van der Waals surface area contributed by atoms with Crippen molar-refractivity contribution in [1.29, 1.82) is 0 Å². The third-order valence-corrected chi connectivity index (χ3v) is 7.70. The maximum absolute atomic E-state index is 14.8. The molecule has 0 radical (unpaired) electrons. The van der Waals surface area contributed by atoms with Gasteiger partial charge in [-0.15, -0.1) is 0 Å². The number of carbonyl (C=O) groups is 2. The zero-order valence-corrected chi connectivity index (χ0v) is 23.1. The molecule has 208 valence electrons. The highest BCUT2D eigenvalue weighted by Gasteiger charge is 2.33. The number of aromatic amines is 1. The fraction of sp³-hybridized carbons (Fsp3) is 0.300. The first kappa shape index (κ1) is 27.5. The van der Waals surface area contributed by atoms with E-state index >= 15 is 0 Å². The summed E-state index contributed by atoms with van der Waals surface area (Å²) in [4.78, 5) is 38.7. The largest absolute Gasteiger partial charge is 0.465 e. The standard InChI is InChI=1S/C30H31ClFN5O3/c1-19(2)37(30(39)40)18-25(20-7-9-21(31)10-8-20)29(38)36-15-13-35(14-16-36)27-23-11-12-33-28(23)34-17-24(27)22-5-3-4-6-26(22)32/h3-12,17,19,25H,13-16,18H2,1-2H3,(H,33,34)(H,39,40)/t25-/m1/s1. The van der Waals surface area contributed by atoms with Gasteiger partial charge in [-0.1, -0.05) is 41.9 Å². The number of hydrogen-bond donors (Lipinski definition) is 2. The molecule has 40 heavy (non-hydrogen) atoms. The molecule has 1 atom stereocenters. The fourth-order valence-corrected chi connectivity index (χ4v) is 5.44. The second-order valence-corrected chi connectivity index (χ2v) is 10.6. The van der Waals surface area contributed by atoms with E-state index in [1.807, 2.05) is 12.3 Å². The number of aromatic nitrogens is 2. The number of halogens is 2. The zero-order valence-electron chi connectivity index (χ0n) is 22.3. The van der Waals surface area contributed by atoms with Crippen molar-refractivity contribution in [3.8, 4) is 11.1 Å². The van der Waals surface area contributed by atoms with E-state index in [1.165, 1.54) is 11.0 Å². The van der Waals surface area contributed by atoms with Crippen LogP contribution in [-0.2, 0) is 4.79 Å². The minimum Gasteiger partial charge on any atom is -0.465 e. The van der Waals surface area contributed by atoms with Crippen LogP contribution < -0.4 is 4.90 Å². The maximum atomic E-state index is 14.8. The highest BCUT2D eigenvalue weighted by atomic mass is 35.5. The second kappa shape index (κ2) is 11.6. The topological polar surface area (TPSA) is 92.8 Å². The zero-order chi connectivity index (χ0) is 28.4. The lowest BCUT2D eigenvalue weighted by molar-refractivity contribution is -0.133. The lowest BCUT2D eigenvalue weighted by atomic mass is 9.95. The average Bonchev–Trinajstić information content (AvgIpc) is 3.42. The third-order valence-electron chi connectivity index (χ3n) is 7.45. The lowest BCUT2D eigenvalue weighted by Crippen LogP contribution is -2.52. The first-order valence-electron chi connectivity index (χ1n) is 13.2. The number of piperazine rings is 1. The summed E-state index contributed by atoms with van der Waals surface area (Å²) in [5.74, 6) is -1.13. The molecule has 2 aromatic heterocycles. The van der Waals surface area contributed by atoms with Crippen molar-refractivity contribution >= 4 is 40.3 Å². The number of fused-ring (bicyclic) bond motifs is 1. The Labute approximate surface area is 237 Å². The summed E-state index contributed by atoms with van der Waals surface area (Å²) < 4.78 is 14.8. The number of carbonyl (C=O) groups excluding carboxylic acids is 1. The van der Waals surface area contributed by atoms with Gasteiger partial charge in [-0.05, 0) is 43.7 Å². The van der Waals surface area contributed by atoms with Crippen LogP contribution in [-0.4, -0.2) is 75.6 Å². The van der Waals surface area contributed by atoms with E-state index in [0.717, 1.165) is 11.1 Å². The van der Waals surface area contributed by atoms with E-state index in [2.05, 4.69) is 14.9 Å². The molecule has 1 fully saturated rings. The lowest BCUT2D eigenvalue weighted by Gasteiger charge is -2.39. The molecule has 2 aromatic carbocycles. The summed E-state index contributed by atoms with van der Waals surface area (Å²) in [6.45, 7) is 5.54. The molecule has 1 aliphatic heterocycles. The predicted molar refractivity (Wildman–Crippen MR) is 154 cm³/mol. The normalized spacial score (nSPS) is 14.5. The molecule has 4 aromatic rings. The van der Waals surface area contributed by atoms with Crippen LogP contribution in [0, 0.1) is 5.82 Å². The van der Waals surface area contributed by atoms with E-state index in [4.69, 9.17) is 11.6 Å². The highest BCUT2D eigenvalue weighted by molar-refractivity contribution is 6.30. The van der Waals surface area contributed by atoms with Crippen molar-refractivity contribution in [3.63, 3.8) is 0 Å². The Bertz CT molecular complexity index is 1520. The summed E-state index contributed by atoms with van der Waals surface area (Å²) in [7, 11) is 0. The number of hydrogen-bond acceptors (Lipinski definition) is 4. The summed E-state index contributed by atoms with van der Waals surface area (Å²) in [6.07, 6.45) is 2.43. The average molecular weight is 564 g/mol. The molecule has 10 heteroatoms. The Hall–Kier alpha value is -4.11. The number of amides is 2. The van der Waals surface area contributed by atoms with Gasteiger partial charge in [-0.25, -0.2) is 14.2 Å². The molecule has 0 spiro atoms. The number of anilines is 1. The molecule has 0 saturated carbocycles. The smallest absolute Gasteiger partial charge is 0.407 e. The van der Waals surface area contributed by atoms with Crippen LogP contribution in [0.4, 0.5) is 14.9 Å². The highest BCUT2D eigenvalue weighted by Crippen LogP contribution is 2.38. The summed E-state index contributed by atoms with van der Waals surface area (Å²) in [6, 6.07) is 15.3. The summed E-state index contributed by atoms with van der Waals surface area (Å²) >= 11 is 6.09. The van der Waals surface area contributed by atoms with Crippen molar-refractivity contribution in [1.82, 2.24) is 19.8 Å². The van der Waals surface area contributed by atoms with E-state index < -0.39 is 12.0 Å². The molecule has 5 rings (SSSR count). The Balaban J connectivity index is 1.42. The van der Waals surface area contributed by atoms with Gasteiger partial charge in [0.05, 0.1) is 11.6 Å². The van der Waals surface area contributed by atoms with Gasteiger partial charge in [0.1, 0.15) is 11.5 Å². The Morgan fingerprint density at radius 1 is 1.05 bits per heavy atom. The third kappa shape index (κ3) is 5.47. The number of H-pyrrole nitrogens is 1. The number of carboxylic acid groups (broad SMARTS) is 1. The van der Waals surface area contributed by atoms with Crippen LogP contribution in [0.3, 0.4) is 0 Å². The van der Waals surface area contributed by atoms with E-state index in [-0.39, 0.29) is 24.3 Å². The van der Waals surface area contributed by atoms with Crippen molar-refractivity contribution in [2.45, 2.75) is 25.8 Å². The summed E-state index contributed by atoms with van der Waals surface area (Å²) in [5, 5.41) is 11.2. The molecule has 0 aliphatic carbocycles. The Morgan fingerprint density at radius 3 is 2.40 bits per heavy atom. The van der Waals surface area contributed by atoms with Crippen molar-refractivity contribution < 1.29 is 19.1 Å². The number of benzene rings is 2. The van der Waals surface area contributed by atoms with Gasteiger partial charge in [0.25, 0.3) is 0 Å². The molecular formula is C30H31ClFN5O3. The van der Waals surface area contributed by atoms with Crippen molar-refractivity contribution in [2.24, 2.45) is 0 Å². The van der Waals surface area contributed by atoms with Gasteiger partial charge in [0, 0.05) is 72.7 Å². The van der Waals surface area contributed by atoms with Gasteiger partial charge >= 0.3 is 6.09 Å². The summed E-state index contributed by atoms with van der Waals surface area (Å²) in [5.41, 5.74) is 3.46. The second-order valence-electron chi connectivity index (χ2n) is 10.2. The first-order valence-corrected chi connectivity index (χ1v) is 13.6. The van der Waals surface area contributed by atoms with E-state index in [9.17, 15) is 19.1 Å². The minimum absolute atomic E-state index is 0.0411. The predicted octanol–water partition coefficient (Wildman–Crippen LogP) is 5.84. The molecular weight excluding hydrogens is 533 g/mol. The number of nitrogens with one attached hydrogen (secondary N) is 1. The van der Waals surface area contributed by atoms with Crippen LogP contribution in [0.5, 0.6) is 0 Å². The van der Waals surface area contributed by atoms with Crippen LogP contribution in [0.15, 0.2) is 67.0 Å². The van der Waals surface area contributed by atoms with Gasteiger partial charge in [0.15, 0.2) is 0 Å². The van der Waals surface area contributed by atoms with Crippen LogP contribution in [0.25, 0.3) is 22.2 Å². The van der Waals surface area contributed by atoms with E-state index in [1.54, 1.807) is 67.4 Å². The van der Waals surface area contributed by atoms with Gasteiger partial charge in [-0.2, -0.15) is 0 Å². The first-order chi connectivity index (χ1) is 19.2. The molecule has 8 nitrogen and oxygen atoms in total. The minimum atomic E-state index is -1.07. The van der Waals surface area contributed by atoms with Crippen LogP contribution in [0.2, 0.25) is 5.02 Å². The molecule has 2 N–H and O–H groups in total. The van der Waals surface area contributed by atoms with E-state index in [0.29, 0.717) is 53.5 Å². The number of nitrogens with zero attached hydrogens (tertiary/aromatic N) is 4. The Morgan fingerprint density at radius 2 is 1.75 bits per heavy atom. The molecule has 0 bridgehead atoms. The van der Waals surface area contributed by atoms with Gasteiger partial charge < -0.3 is 24.8 Å². The van der Waals surface area contributed by atoms with Gasteiger partial charge in [0.2, 0.25) is 5.91 Å². The SMILES string of the molecule is CC(C)N(C[C@@H](C(=O)N1CCN(c2c(-c3ccccc3F)cnc3[nH]ccc23)CC1)c1ccc(Cl)cc1)C(=O)O. The molecule has 0 unspecified atom stereocenters. The van der Waals surface area contributed by atoms with Crippen molar-refractivity contribution in [2.75, 3.05) is 37.6 Å². The van der Waals surface area contributed by atoms with Crippen LogP contribution in [0.1, 0.15) is 25.3 Å². The molecule has 2 amide bonds. The maximum Gasteiger partial charge on any atom is 0.407 e. The number of pyridine rings is 1. The molecule has 1 saturated heterocycles. The van der Waals surface area contributed by atoms with Crippen molar-refractivity contribution in [3.05, 3.63) is 83.4 Å². The number of rotatable bonds is 7. The monoisotopic (exact) mass is 563 g/mol. The molecule has 3 heterocycles. The quantitative estimate of drug-likeness (QED) is 0.294. The van der Waals surface area contributed by atoms with Crippen LogP contribution >= 0.6 is 11.6 Å². The fourth-order valence-electron chi connectivity index (χ4n) is 5.31.